The number of hydrogen-bond donors (Lipinski definition) is 1. The topological polar surface area (TPSA) is 105 Å². The predicted molar refractivity (Wildman–Crippen MR) is 113 cm³/mol. The van der Waals surface area contributed by atoms with Gasteiger partial charge in [-0.1, -0.05) is 35.9 Å². The molecule has 1 aliphatic carbocycles. The molecule has 0 spiro atoms. The molecule has 1 aliphatic rings. The molecule has 0 unspecified atom stereocenters. The fraction of sp³-hybridized carbons (Fsp3) is 0.0909. The summed E-state index contributed by atoms with van der Waals surface area (Å²) in [4.78, 5) is 41.8. The van der Waals surface area contributed by atoms with Gasteiger partial charge in [-0.2, -0.15) is 0 Å². The van der Waals surface area contributed by atoms with Gasteiger partial charge >= 0.3 is 0 Å². The normalized spacial score (nSPS) is 12.6. The summed E-state index contributed by atoms with van der Waals surface area (Å²) in [5.74, 6) is -1.25. The number of ketones is 2. The van der Waals surface area contributed by atoms with E-state index in [9.17, 15) is 19.5 Å². The van der Waals surface area contributed by atoms with Crippen LogP contribution >= 0.6 is 11.6 Å². The Morgan fingerprint density at radius 3 is 2.32 bits per heavy atom. The SMILES string of the molecule is [C-]#[N+]c1c(C)c(N=Nc2cc(Cl)cc3c2C(=O)c2ccccc2C3=O)c(=O)n(C)c1O. The number of carbonyl (C=O) groups excluding carboxylic acids is 2. The van der Waals surface area contributed by atoms with E-state index in [0.29, 0.717) is 0 Å². The molecule has 31 heavy (non-hydrogen) atoms. The highest BCUT2D eigenvalue weighted by Crippen LogP contribution is 2.38. The van der Waals surface area contributed by atoms with E-state index in [1.807, 2.05) is 0 Å². The minimum atomic E-state index is -0.671. The average molecular weight is 433 g/mol. The van der Waals surface area contributed by atoms with Gasteiger partial charge in [-0.3, -0.25) is 19.0 Å². The Bertz CT molecular complexity index is 1450. The number of pyridine rings is 1. The lowest BCUT2D eigenvalue weighted by molar-refractivity contribution is 0.0979. The summed E-state index contributed by atoms with van der Waals surface area (Å²) in [6.45, 7) is 8.69. The van der Waals surface area contributed by atoms with Crippen molar-refractivity contribution in [2.75, 3.05) is 0 Å². The second-order valence-electron chi connectivity index (χ2n) is 6.87. The van der Waals surface area contributed by atoms with Gasteiger partial charge in [0.2, 0.25) is 5.69 Å². The predicted octanol–water partition coefficient (Wildman–Crippen LogP) is 4.79. The minimum absolute atomic E-state index is 0.0224. The molecule has 1 heterocycles. The molecule has 0 radical (unpaired) electrons. The van der Waals surface area contributed by atoms with E-state index in [1.54, 1.807) is 24.3 Å². The first-order valence-electron chi connectivity index (χ1n) is 9.00. The Hall–Kier alpha value is -4.09. The number of rotatable bonds is 2. The molecule has 4 rings (SSSR count). The maximum atomic E-state index is 13.1. The fourth-order valence-electron chi connectivity index (χ4n) is 3.46. The summed E-state index contributed by atoms with van der Waals surface area (Å²) < 4.78 is 0.882. The number of azo groups is 1. The number of halogens is 1. The van der Waals surface area contributed by atoms with Crippen LogP contribution in [0.3, 0.4) is 0 Å². The van der Waals surface area contributed by atoms with Gasteiger partial charge in [0, 0.05) is 28.8 Å². The van der Waals surface area contributed by atoms with E-state index in [1.165, 1.54) is 26.1 Å². The van der Waals surface area contributed by atoms with Gasteiger partial charge < -0.3 is 5.11 Å². The summed E-state index contributed by atoms with van der Waals surface area (Å²) in [5.41, 5.74) is -0.162. The molecule has 0 amide bonds. The zero-order valence-electron chi connectivity index (χ0n) is 16.3. The Balaban J connectivity index is 1.93. The highest BCUT2D eigenvalue weighted by Gasteiger charge is 2.32. The lowest BCUT2D eigenvalue weighted by Crippen LogP contribution is -2.21. The molecule has 0 atom stereocenters. The van der Waals surface area contributed by atoms with Crippen molar-refractivity contribution < 1.29 is 14.7 Å². The minimum Gasteiger partial charge on any atom is -0.503 e. The third-order valence-corrected chi connectivity index (χ3v) is 5.31. The zero-order chi connectivity index (χ0) is 22.4. The molecule has 9 heteroatoms. The number of benzene rings is 2. The molecule has 3 aromatic rings. The lowest BCUT2D eigenvalue weighted by atomic mass is 9.83. The first-order valence-corrected chi connectivity index (χ1v) is 9.37. The van der Waals surface area contributed by atoms with Crippen LogP contribution in [0.5, 0.6) is 5.88 Å². The van der Waals surface area contributed by atoms with Crippen LogP contribution in [-0.2, 0) is 7.05 Å². The summed E-state index contributed by atoms with van der Waals surface area (Å²) in [7, 11) is 1.30. The fourth-order valence-corrected chi connectivity index (χ4v) is 3.67. The second kappa shape index (κ2) is 7.31. The van der Waals surface area contributed by atoms with Gasteiger partial charge in [0.15, 0.2) is 17.4 Å². The Morgan fingerprint density at radius 1 is 1.03 bits per heavy atom. The summed E-state index contributed by atoms with van der Waals surface area (Å²) in [5, 5.41) is 18.2. The van der Waals surface area contributed by atoms with Gasteiger partial charge in [-0.25, -0.2) is 4.85 Å². The first kappa shape index (κ1) is 20.2. The first-order chi connectivity index (χ1) is 14.8. The van der Waals surface area contributed by atoms with Crippen LogP contribution in [0.4, 0.5) is 17.1 Å². The monoisotopic (exact) mass is 432 g/mol. The molecule has 8 nitrogen and oxygen atoms in total. The number of hydrogen-bond acceptors (Lipinski definition) is 6. The van der Waals surface area contributed by atoms with Gasteiger partial charge in [0.1, 0.15) is 5.69 Å². The Labute approximate surface area is 180 Å². The summed E-state index contributed by atoms with van der Waals surface area (Å²) >= 11 is 6.16. The number of aromatic nitrogens is 1. The number of carbonyl (C=O) groups is 2. The van der Waals surface area contributed by atoms with E-state index in [-0.39, 0.29) is 55.7 Å². The highest BCUT2D eigenvalue weighted by atomic mass is 35.5. The molecular formula is C22H13ClN4O4. The van der Waals surface area contributed by atoms with Crippen LogP contribution < -0.4 is 5.56 Å². The van der Waals surface area contributed by atoms with E-state index >= 15 is 0 Å². The lowest BCUT2D eigenvalue weighted by Gasteiger charge is -2.18. The molecule has 0 aliphatic heterocycles. The van der Waals surface area contributed by atoms with Crippen LogP contribution in [-0.4, -0.2) is 21.2 Å². The Morgan fingerprint density at radius 2 is 1.68 bits per heavy atom. The molecule has 2 aromatic carbocycles. The number of nitrogens with zero attached hydrogens (tertiary/aromatic N) is 4. The Kier molecular flexibility index (Phi) is 4.76. The molecule has 0 fully saturated rings. The van der Waals surface area contributed by atoms with E-state index in [0.717, 1.165) is 4.57 Å². The number of fused-ring (bicyclic) bond motifs is 2. The van der Waals surface area contributed by atoms with Gasteiger partial charge in [-0.15, -0.1) is 10.2 Å². The zero-order valence-corrected chi connectivity index (χ0v) is 17.1. The van der Waals surface area contributed by atoms with Gasteiger partial charge in [0.25, 0.3) is 5.56 Å². The van der Waals surface area contributed by atoms with Crippen LogP contribution in [0.1, 0.15) is 37.4 Å². The summed E-state index contributed by atoms with van der Waals surface area (Å²) in [6, 6.07) is 9.21. The van der Waals surface area contributed by atoms with Gasteiger partial charge in [-0.05, 0) is 24.6 Å². The van der Waals surface area contributed by atoms with Crippen LogP contribution in [0.25, 0.3) is 4.85 Å². The van der Waals surface area contributed by atoms with Crippen molar-refractivity contribution >= 4 is 40.2 Å². The highest BCUT2D eigenvalue weighted by molar-refractivity contribution is 6.34. The van der Waals surface area contributed by atoms with Crippen molar-refractivity contribution in [1.82, 2.24) is 4.57 Å². The molecule has 0 saturated heterocycles. The van der Waals surface area contributed by atoms with Crippen molar-refractivity contribution in [3.8, 4) is 5.88 Å². The van der Waals surface area contributed by atoms with Crippen LogP contribution in [0.15, 0.2) is 51.4 Å². The van der Waals surface area contributed by atoms with Crippen molar-refractivity contribution in [3.05, 3.63) is 91.0 Å². The van der Waals surface area contributed by atoms with E-state index < -0.39 is 17.2 Å². The largest absolute Gasteiger partial charge is 0.503 e. The maximum Gasteiger partial charge on any atom is 0.278 e. The van der Waals surface area contributed by atoms with E-state index in [4.69, 9.17) is 18.2 Å². The quantitative estimate of drug-likeness (QED) is 0.363. The van der Waals surface area contributed by atoms with E-state index in [2.05, 4.69) is 15.1 Å². The molecule has 1 aromatic heterocycles. The average Bonchev–Trinajstić information content (AvgIpc) is 2.76. The number of aromatic hydroxyl groups is 1. The molecule has 152 valence electrons. The molecule has 0 saturated carbocycles. The smallest absolute Gasteiger partial charge is 0.278 e. The van der Waals surface area contributed by atoms with Crippen LogP contribution in [0.2, 0.25) is 5.02 Å². The van der Waals surface area contributed by atoms with Crippen molar-refractivity contribution in [1.29, 1.82) is 0 Å². The third-order valence-electron chi connectivity index (χ3n) is 5.09. The molecule has 1 N–H and O–H groups in total. The standard InChI is InChI=1S/C22H13ClN4O4/c1-10-17(24-2)21(30)27(3)22(31)18(10)26-25-15-9-11(23)8-14-16(15)20(29)13-7-5-4-6-12(13)19(14)28/h4-9,30H,1,3H3. The second-order valence-corrected chi connectivity index (χ2v) is 7.31. The molecular weight excluding hydrogens is 420 g/mol. The van der Waals surface area contributed by atoms with Crippen molar-refractivity contribution in [2.45, 2.75) is 6.92 Å². The maximum absolute atomic E-state index is 13.1. The van der Waals surface area contributed by atoms with Gasteiger partial charge in [0.05, 0.1) is 17.8 Å². The van der Waals surface area contributed by atoms with Crippen molar-refractivity contribution in [2.24, 2.45) is 17.3 Å². The van der Waals surface area contributed by atoms with Crippen molar-refractivity contribution in [3.63, 3.8) is 0 Å². The van der Waals surface area contributed by atoms with Crippen LogP contribution in [0, 0.1) is 13.5 Å². The third kappa shape index (κ3) is 3.03. The molecule has 0 bridgehead atoms. The summed E-state index contributed by atoms with van der Waals surface area (Å²) in [6.07, 6.45) is 0.